The second-order valence-electron chi connectivity index (χ2n) is 9.40. The first-order valence-electron chi connectivity index (χ1n) is 12.4. The van der Waals surface area contributed by atoms with E-state index in [-0.39, 0.29) is 0 Å². The van der Waals surface area contributed by atoms with Crippen LogP contribution in [0.5, 0.6) is 0 Å². The number of hydrogen-bond acceptors (Lipinski definition) is 2. The van der Waals surface area contributed by atoms with Gasteiger partial charge in [0.05, 0.1) is 42.9 Å². The molecular formula is C32H18Cl4N4. The molecule has 194 valence electrons. The number of benzene rings is 2. The Kier molecular flexibility index (Phi) is 6.29. The first-order valence-corrected chi connectivity index (χ1v) is 13.9. The minimum atomic E-state index is 0.520. The van der Waals surface area contributed by atoms with E-state index in [0.717, 1.165) is 44.6 Å². The normalized spacial score (nSPS) is 12.3. The fourth-order valence-electron chi connectivity index (χ4n) is 5.07. The molecule has 8 heteroatoms. The summed E-state index contributed by atoms with van der Waals surface area (Å²) in [5.74, 6) is 0. The van der Waals surface area contributed by atoms with Gasteiger partial charge in [0.2, 0.25) is 0 Å². The van der Waals surface area contributed by atoms with Crippen LogP contribution >= 0.6 is 46.4 Å². The van der Waals surface area contributed by atoms with Gasteiger partial charge < -0.3 is 9.97 Å². The molecule has 0 saturated carbocycles. The number of nitrogens with one attached hydrogen (secondary N) is 2. The molecule has 2 N–H and O–H groups in total. The number of rotatable bonds is 2. The molecule has 40 heavy (non-hydrogen) atoms. The molecule has 0 saturated heterocycles. The highest BCUT2D eigenvalue weighted by Crippen LogP contribution is 2.42. The zero-order chi connectivity index (χ0) is 27.4. The van der Waals surface area contributed by atoms with Crippen LogP contribution in [0.25, 0.3) is 68.6 Å². The molecule has 0 radical (unpaired) electrons. The Hall–Kier alpha value is -3.80. The molecule has 0 aliphatic carbocycles. The van der Waals surface area contributed by atoms with Crippen molar-refractivity contribution in [3.63, 3.8) is 0 Å². The summed E-state index contributed by atoms with van der Waals surface area (Å²) in [6.07, 6.45) is 7.88. The highest BCUT2D eigenvalue weighted by atomic mass is 35.5. The fraction of sp³-hybridized carbons (Fsp3) is 0. The number of fused-ring (bicyclic) bond motifs is 8. The maximum Gasteiger partial charge on any atom is 0.0738 e. The number of nitrogens with zero attached hydrogens (tertiary/aromatic N) is 2. The molecule has 5 aromatic rings. The van der Waals surface area contributed by atoms with E-state index < -0.39 is 0 Å². The predicted molar refractivity (Wildman–Crippen MR) is 170 cm³/mol. The smallest absolute Gasteiger partial charge is 0.0738 e. The van der Waals surface area contributed by atoms with Crippen molar-refractivity contribution in [1.82, 2.24) is 19.9 Å². The van der Waals surface area contributed by atoms with Gasteiger partial charge in [0.15, 0.2) is 0 Å². The van der Waals surface area contributed by atoms with E-state index in [1.54, 1.807) is 0 Å². The molecule has 0 atom stereocenters. The lowest BCUT2D eigenvalue weighted by Crippen LogP contribution is -1.90. The average Bonchev–Trinajstić information content (AvgIpc) is 3.73. The maximum atomic E-state index is 6.74. The zero-order valence-corrected chi connectivity index (χ0v) is 23.7. The van der Waals surface area contributed by atoms with Gasteiger partial charge in [0.1, 0.15) is 0 Å². The molecule has 5 heterocycles. The Morgan fingerprint density at radius 3 is 1.30 bits per heavy atom. The summed E-state index contributed by atoms with van der Waals surface area (Å²) in [6.45, 7) is 0. The van der Waals surface area contributed by atoms with Crippen molar-refractivity contribution < 1.29 is 0 Å². The number of aromatic nitrogens is 4. The lowest BCUT2D eigenvalue weighted by atomic mass is 10.0. The Morgan fingerprint density at radius 2 is 0.875 bits per heavy atom. The van der Waals surface area contributed by atoms with Crippen LogP contribution in [-0.2, 0) is 0 Å². The zero-order valence-electron chi connectivity index (χ0n) is 20.6. The lowest BCUT2D eigenvalue weighted by molar-refractivity contribution is 1.31. The SMILES string of the molecule is Clc1cccc(Cl)c1-c1c2nc(c(-c3c(Cl)cccc3Cl)c3ccc(cc4nc(cc5ccc1[nH]5)C=C4)[nH]3)C=C2. The molecule has 2 aromatic carbocycles. The maximum absolute atomic E-state index is 6.74. The summed E-state index contributed by atoms with van der Waals surface area (Å²) >= 11 is 27.0. The summed E-state index contributed by atoms with van der Waals surface area (Å²) in [5.41, 5.74) is 9.38. The van der Waals surface area contributed by atoms with Crippen molar-refractivity contribution in [2.75, 3.05) is 0 Å². The van der Waals surface area contributed by atoms with Crippen LogP contribution in [0.4, 0.5) is 0 Å². The Bertz CT molecular complexity index is 1880. The van der Waals surface area contributed by atoms with Crippen molar-refractivity contribution >= 4 is 92.8 Å². The Balaban J connectivity index is 1.68. The third-order valence-corrected chi connectivity index (χ3v) is 8.08. The van der Waals surface area contributed by atoms with E-state index in [2.05, 4.69) is 9.97 Å². The summed E-state index contributed by atoms with van der Waals surface area (Å²) in [4.78, 5) is 16.9. The van der Waals surface area contributed by atoms with Crippen LogP contribution in [0, 0.1) is 0 Å². The molecule has 3 aromatic heterocycles. The number of aromatic amines is 2. The standard InChI is InChI=1S/C32H18Cl4N4/c33-21-3-1-4-22(34)29(21)31-25-11-9-19(38-25)15-17-7-8-18(37-17)16-20-10-12-26(39-20)32(28-14-13-27(31)40-28)30-23(35)5-2-6-24(30)36/h1-16,38-39H. The monoisotopic (exact) mass is 598 g/mol. The Labute approximate surface area is 249 Å². The molecule has 2 aliphatic rings. The summed E-state index contributed by atoms with van der Waals surface area (Å²) < 4.78 is 0. The van der Waals surface area contributed by atoms with Gasteiger partial charge in [0, 0.05) is 44.3 Å². The summed E-state index contributed by atoms with van der Waals surface area (Å²) in [7, 11) is 0. The van der Waals surface area contributed by atoms with Crippen LogP contribution in [0.1, 0.15) is 22.8 Å². The van der Waals surface area contributed by atoms with Crippen LogP contribution in [0.15, 0.2) is 72.8 Å². The lowest BCUT2D eigenvalue weighted by Gasteiger charge is -2.10. The van der Waals surface area contributed by atoms with Gasteiger partial charge in [-0.2, -0.15) is 0 Å². The summed E-state index contributed by atoms with van der Waals surface area (Å²) in [5, 5.41) is 2.08. The van der Waals surface area contributed by atoms with Gasteiger partial charge >= 0.3 is 0 Å². The molecule has 0 unspecified atom stereocenters. The molecule has 2 aliphatic heterocycles. The Morgan fingerprint density at radius 1 is 0.450 bits per heavy atom. The minimum absolute atomic E-state index is 0.520. The van der Waals surface area contributed by atoms with E-state index in [1.165, 1.54) is 0 Å². The highest BCUT2D eigenvalue weighted by molar-refractivity contribution is 6.40. The number of hydrogen-bond donors (Lipinski definition) is 2. The second kappa shape index (κ2) is 9.99. The van der Waals surface area contributed by atoms with Crippen LogP contribution in [0.3, 0.4) is 0 Å². The van der Waals surface area contributed by atoms with Gasteiger partial charge in [0.25, 0.3) is 0 Å². The number of H-pyrrole nitrogens is 2. The summed E-state index contributed by atoms with van der Waals surface area (Å²) in [6, 6.07) is 22.9. The van der Waals surface area contributed by atoms with E-state index in [0.29, 0.717) is 42.6 Å². The average molecular weight is 600 g/mol. The fourth-order valence-corrected chi connectivity index (χ4v) is 6.25. The molecule has 7 rings (SSSR count). The predicted octanol–water partition coefficient (Wildman–Crippen LogP) is 10.6. The van der Waals surface area contributed by atoms with Gasteiger partial charge in [-0.05, 0) is 85.0 Å². The van der Waals surface area contributed by atoms with Crippen molar-refractivity contribution in [3.8, 4) is 22.3 Å². The van der Waals surface area contributed by atoms with Gasteiger partial charge in [-0.15, -0.1) is 0 Å². The first kappa shape index (κ1) is 25.2. The topological polar surface area (TPSA) is 57.4 Å². The van der Waals surface area contributed by atoms with Crippen molar-refractivity contribution in [1.29, 1.82) is 0 Å². The van der Waals surface area contributed by atoms with Crippen molar-refractivity contribution in [2.24, 2.45) is 0 Å². The molecule has 4 nitrogen and oxygen atoms in total. The van der Waals surface area contributed by atoms with Crippen LogP contribution < -0.4 is 0 Å². The van der Waals surface area contributed by atoms with Gasteiger partial charge in [-0.3, -0.25) is 0 Å². The molecule has 0 amide bonds. The second-order valence-corrected chi connectivity index (χ2v) is 11.0. The third-order valence-electron chi connectivity index (χ3n) is 6.82. The van der Waals surface area contributed by atoms with E-state index in [4.69, 9.17) is 56.4 Å². The van der Waals surface area contributed by atoms with Crippen molar-refractivity contribution in [2.45, 2.75) is 0 Å². The molecule has 0 fully saturated rings. The first-order chi connectivity index (χ1) is 19.4. The van der Waals surface area contributed by atoms with Crippen molar-refractivity contribution in [3.05, 3.63) is 116 Å². The van der Waals surface area contributed by atoms with E-state index >= 15 is 0 Å². The van der Waals surface area contributed by atoms with E-state index in [9.17, 15) is 0 Å². The van der Waals surface area contributed by atoms with Gasteiger partial charge in [-0.1, -0.05) is 58.5 Å². The van der Waals surface area contributed by atoms with E-state index in [1.807, 2.05) is 97.1 Å². The third kappa shape index (κ3) is 4.43. The quantitative estimate of drug-likeness (QED) is 0.208. The van der Waals surface area contributed by atoms with Crippen LogP contribution in [-0.4, -0.2) is 19.9 Å². The van der Waals surface area contributed by atoms with Crippen LogP contribution in [0.2, 0.25) is 20.1 Å². The molecular weight excluding hydrogens is 582 g/mol. The molecule has 8 bridgehead atoms. The largest absolute Gasteiger partial charge is 0.355 e. The van der Waals surface area contributed by atoms with Gasteiger partial charge in [-0.25, -0.2) is 9.97 Å². The molecule has 0 spiro atoms. The minimum Gasteiger partial charge on any atom is -0.355 e. The number of halogens is 4. The highest BCUT2D eigenvalue weighted by Gasteiger charge is 2.20.